The van der Waals surface area contributed by atoms with Crippen LogP contribution < -0.4 is 5.69 Å². The Morgan fingerprint density at radius 1 is 1.17 bits per heavy atom. The van der Waals surface area contributed by atoms with Gasteiger partial charge in [0, 0.05) is 57.8 Å². The van der Waals surface area contributed by atoms with Crippen LogP contribution in [0.4, 0.5) is 0 Å². The molecule has 2 atom stereocenters. The van der Waals surface area contributed by atoms with Crippen LogP contribution in [0.3, 0.4) is 0 Å². The number of carbonyl (C=O) groups excluding carboxylic acids is 1. The molecule has 0 radical (unpaired) electrons. The molecule has 4 heterocycles. The molecule has 5 rings (SSSR count). The van der Waals surface area contributed by atoms with E-state index in [4.69, 9.17) is 4.98 Å². The molecule has 2 saturated heterocycles. The van der Waals surface area contributed by atoms with Crippen molar-refractivity contribution in [3.63, 3.8) is 0 Å². The number of carbonyl (C=O) groups is 1. The number of piperazine rings is 1. The molecule has 1 aromatic carbocycles. The van der Waals surface area contributed by atoms with Gasteiger partial charge in [0.1, 0.15) is 0 Å². The molecule has 182 valence electrons. The predicted octanol–water partition coefficient (Wildman–Crippen LogP) is 3.12. The average Bonchev–Trinajstić information content (AvgIpc) is 3.47. The normalized spacial score (nSPS) is 20.1. The fourth-order valence-corrected chi connectivity index (χ4v) is 5.61. The number of nitrogens with zero attached hydrogens (tertiary/aromatic N) is 6. The van der Waals surface area contributed by atoms with E-state index in [0.717, 1.165) is 42.7 Å². The molecule has 0 saturated carbocycles. The molecule has 0 aliphatic carbocycles. The summed E-state index contributed by atoms with van der Waals surface area (Å²) >= 11 is 0. The number of likely N-dealkylation sites (tertiary alicyclic amines) is 2. The zero-order valence-electron chi connectivity index (χ0n) is 21.1. The lowest BCUT2D eigenvalue weighted by atomic mass is 9.97. The smallest absolute Gasteiger partial charge is 0.330 e. The number of hydrogen-bond acceptors (Lipinski definition) is 5. The number of aromatic nitrogens is 3. The van der Waals surface area contributed by atoms with Crippen LogP contribution in [0, 0.1) is 16.7 Å². The number of amides is 1. The minimum absolute atomic E-state index is 0.0461. The first-order valence-corrected chi connectivity index (χ1v) is 12.2. The second kappa shape index (κ2) is 8.35. The molecule has 2 aliphatic rings. The van der Waals surface area contributed by atoms with Crippen LogP contribution in [0.1, 0.15) is 45.2 Å². The van der Waals surface area contributed by atoms with Gasteiger partial charge in [0.15, 0.2) is 5.65 Å². The molecule has 2 fully saturated rings. The number of pyridine rings is 1. The van der Waals surface area contributed by atoms with Crippen molar-refractivity contribution in [2.24, 2.45) is 12.5 Å². The summed E-state index contributed by atoms with van der Waals surface area (Å²) in [4.78, 5) is 34.0. The second-order valence-electron chi connectivity index (χ2n) is 11.2. The summed E-state index contributed by atoms with van der Waals surface area (Å²) < 4.78 is 3.36. The van der Waals surface area contributed by atoms with E-state index in [0.29, 0.717) is 35.5 Å². The Balaban J connectivity index is 1.47. The molecule has 0 N–H and O–H groups in total. The SMILES string of the molecule is CC(=O)N1C[C@@H]2C[C@H]1CN2Cc1ccc(C#N)c(-c2ccc3c(n2)n(C)c(=O)n3CC(C)(C)C)c1. The van der Waals surface area contributed by atoms with Gasteiger partial charge in [-0.05, 0) is 41.7 Å². The zero-order chi connectivity index (χ0) is 25.1. The maximum Gasteiger partial charge on any atom is 0.330 e. The number of rotatable bonds is 4. The monoisotopic (exact) mass is 472 g/mol. The summed E-state index contributed by atoms with van der Waals surface area (Å²) in [6.07, 6.45) is 1.03. The van der Waals surface area contributed by atoms with Crippen LogP contribution >= 0.6 is 0 Å². The molecular weight excluding hydrogens is 440 g/mol. The van der Waals surface area contributed by atoms with Crippen molar-refractivity contribution in [3.05, 3.63) is 51.9 Å². The van der Waals surface area contributed by atoms with E-state index < -0.39 is 0 Å². The topological polar surface area (TPSA) is 87.2 Å². The van der Waals surface area contributed by atoms with Crippen LogP contribution in [0.2, 0.25) is 0 Å². The quantitative estimate of drug-likeness (QED) is 0.582. The van der Waals surface area contributed by atoms with Gasteiger partial charge in [0.2, 0.25) is 5.91 Å². The van der Waals surface area contributed by atoms with Gasteiger partial charge in [0.05, 0.1) is 22.8 Å². The van der Waals surface area contributed by atoms with Gasteiger partial charge in [-0.1, -0.05) is 26.8 Å². The Bertz CT molecular complexity index is 1420. The standard InChI is InChI=1S/C27H32N6O2/c1-17(34)32-15-20-11-21(32)14-31(20)13-18-6-7-19(12-28)22(10-18)23-8-9-24-25(29-23)30(5)26(35)33(24)16-27(2,3)4/h6-10,20-21H,11,13-16H2,1-5H3/t20-,21-/m0/s1. The van der Waals surface area contributed by atoms with Crippen LogP contribution in [0.5, 0.6) is 0 Å². The largest absolute Gasteiger partial charge is 0.337 e. The van der Waals surface area contributed by atoms with Crippen molar-refractivity contribution in [2.45, 2.75) is 59.3 Å². The maximum atomic E-state index is 12.9. The Morgan fingerprint density at radius 2 is 1.94 bits per heavy atom. The van der Waals surface area contributed by atoms with Gasteiger partial charge in [-0.25, -0.2) is 9.78 Å². The Hall–Kier alpha value is -3.44. The highest BCUT2D eigenvalue weighted by Crippen LogP contribution is 2.33. The van der Waals surface area contributed by atoms with E-state index in [1.54, 1.807) is 23.1 Å². The first-order valence-electron chi connectivity index (χ1n) is 12.2. The summed E-state index contributed by atoms with van der Waals surface area (Å²) in [5.74, 6) is 0.157. The lowest BCUT2D eigenvalue weighted by molar-refractivity contribution is -0.131. The summed E-state index contributed by atoms with van der Waals surface area (Å²) in [5.41, 5.74) is 4.42. The van der Waals surface area contributed by atoms with Crippen LogP contribution in [-0.2, 0) is 24.9 Å². The molecule has 2 bridgehead atoms. The molecule has 1 amide bonds. The Morgan fingerprint density at radius 3 is 2.57 bits per heavy atom. The van der Waals surface area contributed by atoms with E-state index >= 15 is 0 Å². The van der Waals surface area contributed by atoms with Crippen LogP contribution in [-0.4, -0.2) is 55.0 Å². The summed E-state index contributed by atoms with van der Waals surface area (Å²) in [5, 5.41) is 9.78. The third-order valence-electron chi connectivity index (χ3n) is 7.24. The number of fused-ring (bicyclic) bond motifs is 3. The van der Waals surface area contributed by atoms with Crippen molar-refractivity contribution >= 4 is 17.1 Å². The van der Waals surface area contributed by atoms with Crippen molar-refractivity contribution in [1.82, 2.24) is 23.9 Å². The highest BCUT2D eigenvalue weighted by atomic mass is 16.2. The maximum absolute atomic E-state index is 12.9. The van der Waals surface area contributed by atoms with Crippen molar-refractivity contribution in [2.75, 3.05) is 13.1 Å². The van der Waals surface area contributed by atoms with E-state index in [9.17, 15) is 14.9 Å². The highest BCUT2D eigenvalue weighted by Gasteiger charge is 2.44. The summed E-state index contributed by atoms with van der Waals surface area (Å²) in [6.45, 7) is 11.0. The Labute approximate surface area is 205 Å². The first kappa shape index (κ1) is 23.3. The summed E-state index contributed by atoms with van der Waals surface area (Å²) in [6, 6.07) is 12.7. The van der Waals surface area contributed by atoms with Crippen molar-refractivity contribution < 1.29 is 4.79 Å². The van der Waals surface area contributed by atoms with E-state index in [1.165, 1.54) is 0 Å². The number of hydrogen-bond donors (Lipinski definition) is 0. The number of benzene rings is 1. The van der Waals surface area contributed by atoms with Gasteiger partial charge >= 0.3 is 5.69 Å². The lowest BCUT2D eigenvalue weighted by Gasteiger charge is -2.33. The van der Waals surface area contributed by atoms with Gasteiger partial charge in [0.25, 0.3) is 0 Å². The molecule has 3 aromatic rings. The predicted molar refractivity (Wildman–Crippen MR) is 135 cm³/mol. The van der Waals surface area contributed by atoms with Gasteiger partial charge in [-0.2, -0.15) is 5.26 Å². The molecule has 0 spiro atoms. The average molecular weight is 473 g/mol. The van der Waals surface area contributed by atoms with Crippen LogP contribution in [0.15, 0.2) is 35.1 Å². The molecule has 8 heteroatoms. The van der Waals surface area contributed by atoms with E-state index in [2.05, 4.69) is 31.7 Å². The minimum atomic E-state index is -0.0856. The molecule has 35 heavy (non-hydrogen) atoms. The summed E-state index contributed by atoms with van der Waals surface area (Å²) in [7, 11) is 1.75. The second-order valence-corrected chi connectivity index (χ2v) is 11.2. The molecule has 8 nitrogen and oxygen atoms in total. The zero-order valence-corrected chi connectivity index (χ0v) is 21.1. The first-order chi connectivity index (χ1) is 16.6. The fourth-order valence-electron chi connectivity index (χ4n) is 5.61. The fraction of sp³-hybridized carbons (Fsp3) is 0.481. The molecule has 0 unspecified atom stereocenters. The van der Waals surface area contributed by atoms with Gasteiger partial charge in [-0.3, -0.25) is 18.8 Å². The Kier molecular flexibility index (Phi) is 5.56. The third kappa shape index (κ3) is 4.14. The van der Waals surface area contributed by atoms with Gasteiger partial charge < -0.3 is 4.90 Å². The molecular formula is C27H32N6O2. The highest BCUT2D eigenvalue weighted by molar-refractivity contribution is 5.78. The number of imidazole rings is 1. The van der Waals surface area contributed by atoms with E-state index in [-0.39, 0.29) is 17.0 Å². The number of aryl methyl sites for hydroxylation is 1. The lowest BCUT2D eigenvalue weighted by Crippen LogP contribution is -2.47. The minimum Gasteiger partial charge on any atom is -0.337 e. The number of nitriles is 1. The molecule has 2 aromatic heterocycles. The van der Waals surface area contributed by atoms with Gasteiger partial charge in [-0.15, -0.1) is 0 Å². The third-order valence-corrected chi connectivity index (χ3v) is 7.24. The van der Waals surface area contributed by atoms with E-state index in [1.807, 2.05) is 35.2 Å². The molecule has 2 aliphatic heterocycles. The van der Waals surface area contributed by atoms with Crippen LogP contribution in [0.25, 0.3) is 22.4 Å². The van der Waals surface area contributed by atoms with Crippen molar-refractivity contribution in [3.8, 4) is 17.3 Å². The van der Waals surface area contributed by atoms with Crippen molar-refractivity contribution in [1.29, 1.82) is 5.26 Å².